The summed E-state index contributed by atoms with van der Waals surface area (Å²) in [6, 6.07) is 47.7. The molecule has 41 heavy (non-hydrogen) atoms. The molecule has 0 N–H and O–H groups in total. The van der Waals surface area contributed by atoms with Crippen LogP contribution >= 0.6 is 40.9 Å². The van der Waals surface area contributed by atoms with Gasteiger partial charge in [-0.3, -0.25) is 0 Å². The van der Waals surface area contributed by atoms with Crippen molar-refractivity contribution in [1.29, 1.82) is 0 Å². The van der Waals surface area contributed by atoms with Crippen LogP contribution in [0.15, 0.2) is 127 Å². The highest BCUT2D eigenvalue weighted by Crippen LogP contribution is 2.47. The molecule has 194 valence electrons. The normalized spacial score (nSPS) is 12.5. The van der Waals surface area contributed by atoms with Crippen LogP contribution in [0.4, 0.5) is 0 Å². The van der Waals surface area contributed by atoms with Crippen LogP contribution < -0.4 is 15.9 Å². The maximum atomic E-state index is 5.22. The molecule has 0 aliphatic heterocycles. The van der Waals surface area contributed by atoms with Gasteiger partial charge in [0.15, 0.2) is 0 Å². The molecule has 0 nitrogen and oxygen atoms in total. The number of fused-ring (bicyclic) bond motifs is 9. The van der Waals surface area contributed by atoms with Gasteiger partial charge in [0.25, 0.3) is 0 Å². The van der Waals surface area contributed by atoms with Gasteiger partial charge in [0.05, 0.1) is 0 Å². The van der Waals surface area contributed by atoms with Crippen molar-refractivity contribution in [2.24, 2.45) is 0 Å². The highest BCUT2D eigenvalue weighted by molar-refractivity contribution is 7.93. The Kier molecular flexibility index (Phi) is 5.19. The van der Waals surface area contributed by atoms with Crippen LogP contribution in [0.5, 0.6) is 0 Å². The van der Waals surface area contributed by atoms with E-state index < -0.39 is 6.89 Å². The van der Waals surface area contributed by atoms with E-state index in [0.717, 1.165) is 0 Å². The molecule has 3 aromatic heterocycles. The molecule has 0 aliphatic carbocycles. The lowest BCUT2D eigenvalue weighted by Gasteiger charge is -2.27. The van der Waals surface area contributed by atoms with Gasteiger partial charge in [-0.25, -0.2) is 0 Å². The molecule has 6 aromatic carbocycles. The van der Waals surface area contributed by atoms with E-state index in [0.29, 0.717) is 0 Å². The fourth-order valence-corrected chi connectivity index (χ4v) is 12.5. The SMILES string of the molecule is C=P(c1ccc2sc3ccccc3c2c1)(c1ccc2sc3ccccc3c2c1)c1ccc2sc3ccccc3c2c1. The zero-order valence-corrected chi connectivity index (χ0v) is 25.3. The third-order valence-corrected chi connectivity index (χ3v) is 15.3. The van der Waals surface area contributed by atoms with Crippen molar-refractivity contribution in [2.45, 2.75) is 0 Å². The number of hydrogen-bond acceptors (Lipinski definition) is 3. The van der Waals surface area contributed by atoms with Gasteiger partial charge < -0.3 is 0 Å². The second-order valence-electron chi connectivity index (χ2n) is 10.6. The van der Waals surface area contributed by atoms with E-state index in [1.807, 2.05) is 34.0 Å². The van der Waals surface area contributed by atoms with E-state index in [2.05, 4.69) is 127 Å². The standard InChI is InChI=1S/C37H23PS3/c1-38(23-14-17-35-29(20-23)26-8-2-5-11-32(26)39-35,24-15-18-36-30(21-24)27-9-3-6-12-33(27)40-36)25-16-19-37-31(22-25)28-10-4-7-13-34(28)41-37/h2-22H,1H2. The summed E-state index contributed by atoms with van der Waals surface area (Å²) in [5.74, 6) is 0. The zero-order valence-electron chi connectivity index (χ0n) is 22.0. The second kappa shape index (κ2) is 8.89. The lowest BCUT2D eigenvalue weighted by Crippen LogP contribution is -2.25. The van der Waals surface area contributed by atoms with Crippen molar-refractivity contribution in [1.82, 2.24) is 0 Å². The van der Waals surface area contributed by atoms with Crippen LogP contribution in [0.25, 0.3) is 60.5 Å². The maximum Gasteiger partial charge on any atom is 0.0355 e. The molecule has 0 atom stereocenters. The van der Waals surface area contributed by atoms with Crippen LogP contribution in [-0.2, 0) is 0 Å². The van der Waals surface area contributed by atoms with Crippen molar-refractivity contribution in [3.8, 4) is 0 Å². The smallest absolute Gasteiger partial charge is 0.0355 e. The van der Waals surface area contributed by atoms with Crippen molar-refractivity contribution < 1.29 is 0 Å². The lowest BCUT2D eigenvalue weighted by molar-refractivity contribution is 1.85. The van der Waals surface area contributed by atoms with Crippen molar-refractivity contribution in [2.75, 3.05) is 0 Å². The van der Waals surface area contributed by atoms with E-state index in [9.17, 15) is 0 Å². The van der Waals surface area contributed by atoms with E-state index in [1.54, 1.807) is 0 Å². The molecular formula is C37H23PS3. The van der Waals surface area contributed by atoms with Crippen LogP contribution in [0.2, 0.25) is 0 Å². The van der Waals surface area contributed by atoms with Crippen LogP contribution in [0.1, 0.15) is 0 Å². The molecule has 0 saturated heterocycles. The Morgan fingerprint density at radius 3 is 0.976 bits per heavy atom. The maximum absolute atomic E-state index is 5.22. The van der Waals surface area contributed by atoms with E-state index in [-0.39, 0.29) is 0 Å². The number of hydrogen-bond donors (Lipinski definition) is 0. The predicted octanol–water partition coefficient (Wildman–Crippen LogP) is 10.5. The Hall–Kier alpha value is -3.72. The molecule has 9 aromatic rings. The molecule has 4 heteroatoms. The summed E-state index contributed by atoms with van der Waals surface area (Å²) in [7, 11) is 0. The van der Waals surface area contributed by atoms with Gasteiger partial charge in [0.2, 0.25) is 0 Å². The fourth-order valence-electron chi connectivity index (χ4n) is 6.30. The summed E-state index contributed by atoms with van der Waals surface area (Å²) in [4.78, 5) is 0. The Bertz CT molecular complexity index is 2240. The highest BCUT2D eigenvalue weighted by atomic mass is 32.1. The van der Waals surface area contributed by atoms with Gasteiger partial charge >= 0.3 is 0 Å². The molecular weight excluding hydrogens is 572 g/mol. The topological polar surface area (TPSA) is 0 Å². The molecule has 0 saturated carbocycles. The van der Waals surface area contributed by atoms with Gasteiger partial charge in [-0.2, -0.15) is 0 Å². The Morgan fingerprint density at radius 2 is 0.634 bits per heavy atom. The Labute approximate surface area is 249 Å². The Balaban J connectivity index is 1.36. The average molecular weight is 595 g/mol. The highest BCUT2D eigenvalue weighted by Gasteiger charge is 2.25. The molecule has 0 amide bonds. The van der Waals surface area contributed by atoms with Crippen molar-refractivity contribution >= 4 is 124 Å². The van der Waals surface area contributed by atoms with Crippen molar-refractivity contribution in [3.05, 3.63) is 127 Å². The first-order valence-corrected chi connectivity index (χ1v) is 18.1. The summed E-state index contributed by atoms with van der Waals surface area (Å²) in [6.07, 6.45) is 5.22. The number of benzene rings is 6. The van der Waals surface area contributed by atoms with Crippen LogP contribution in [0.3, 0.4) is 0 Å². The zero-order chi connectivity index (χ0) is 27.1. The Morgan fingerprint density at radius 1 is 0.341 bits per heavy atom. The quantitative estimate of drug-likeness (QED) is 0.179. The minimum absolute atomic E-state index is 1.33. The first-order valence-electron chi connectivity index (χ1n) is 13.7. The van der Waals surface area contributed by atoms with Gasteiger partial charge in [0, 0.05) is 60.5 Å². The second-order valence-corrected chi connectivity index (χ2v) is 17.1. The first-order chi connectivity index (χ1) is 20.2. The summed E-state index contributed by atoms with van der Waals surface area (Å²) < 4.78 is 8.01. The third-order valence-electron chi connectivity index (χ3n) is 8.40. The molecule has 0 radical (unpaired) electrons. The minimum atomic E-state index is -2.24. The third kappa shape index (κ3) is 3.51. The molecule has 9 rings (SSSR count). The lowest BCUT2D eigenvalue weighted by atomic mass is 10.1. The molecule has 0 bridgehead atoms. The fraction of sp³-hybridized carbons (Fsp3) is 0. The molecule has 0 unspecified atom stereocenters. The van der Waals surface area contributed by atoms with E-state index in [4.69, 9.17) is 6.30 Å². The molecule has 0 fully saturated rings. The molecule has 0 aliphatic rings. The minimum Gasteiger partial charge on any atom is -0.135 e. The van der Waals surface area contributed by atoms with Gasteiger partial charge in [0.1, 0.15) is 0 Å². The van der Waals surface area contributed by atoms with Gasteiger partial charge in [-0.15, -0.1) is 34.0 Å². The van der Waals surface area contributed by atoms with Crippen LogP contribution in [0, 0.1) is 0 Å². The van der Waals surface area contributed by atoms with Gasteiger partial charge in [-0.1, -0.05) is 79.1 Å². The summed E-state index contributed by atoms with van der Waals surface area (Å²) in [5, 5.41) is 12.0. The van der Waals surface area contributed by atoms with E-state index in [1.165, 1.54) is 76.4 Å². The number of thiophene rings is 3. The largest absolute Gasteiger partial charge is 0.135 e. The summed E-state index contributed by atoms with van der Waals surface area (Å²) in [6.45, 7) is -2.24. The predicted molar refractivity (Wildman–Crippen MR) is 191 cm³/mol. The first kappa shape index (κ1) is 23.9. The number of rotatable bonds is 3. The monoisotopic (exact) mass is 594 g/mol. The molecule has 0 spiro atoms. The van der Waals surface area contributed by atoms with Crippen molar-refractivity contribution in [3.63, 3.8) is 0 Å². The van der Waals surface area contributed by atoms with Crippen LogP contribution in [-0.4, -0.2) is 6.30 Å². The summed E-state index contributed by atoms with van der Waals surface area (Å²) in [5.41, 5.74) is 0. The average Bonchev–Trinajstić information content (AvgIpc) is 3.70. The van der Waals surface area contributed by atoms with Gasteiger partial charge in [-0.05, 0) is 77.4 Å². The van der Waals surface area contributed by atoms with E-state index >= 15 is 0 Å². The summed E-state index contributed by atoms with van der Waals surface area (Å²) >= 11 is 5.63. The molecule has 3 heterocycles.